The minimum atomic E-state index is 0.842. The minimum absolute atomic E-state index is 0.842. The topological polar surface area (TPSA) is 12.0 Å². The number of alkyl halides is 1. The fourth-order valence-electron chi connectivity index (χ4n) is 1.24. The molecule has 0 bridgehead atoms. The van der Waals surface area contributed by atoms with Crippen LogP contribution in [0, 0.1) is 6.92 Å². The van der Waals surface area contributed by atoms with Crippen molar-refractivity contribution in [3.05, 3.63) is 34.3 Å². The Morgan fingerprint density at radius 2 is 2.21 bits per heavy atom. The van der Waals surface area contributed by atoms with Crippen LogP contribution in [0.1, 0.15) is 17.5 Å². The van der Waals surface area contributed by atoms with Crippen molar-refractivity contribution in [3.63, 3.8) is 0 Å². The standard InChI is InChI=1S/C11H15BrClN/c1-9-7-10(3-4-11(9)13)8-14-6-2-5-12/h3-4,7,14H,2,5-6,8H2,1H3. The lowest BCUT2D eigenvalue weighted by Crippen LogP contribution is -2.14. The number of rotatable bonds is 5. The van der Waals surface area contributed by atoms with Gasteiger partial charge in [-0.2, -0.15) is 0 Å². The van der Waals surface area contributed by atoms with Crippen LogP contribution in [0.15, 0.2) is 18.2 Å². The van der Waals surface area contributed by atoms with Gasteiger partial charge in [0, 0.05) is 16.9 Å². The first-order valence-electron chi connectivity index (χ1n) is 4.75. The molecule has 0 fully saturated rings. The van der Waals surface area contributed by atoms with Gasteiger partial charge in [-0.15, -0.1) is 0 Å². The maximum absolute atomic E-state index is 5.94. The van der Waals surface area contributed by atoms with Crippen LogP contribution in [0.25, 0.3) is 0 Å². The van der Waals surface area contributed by atoms with Crippen molar-refractivity contribution in [1.29, 1.82) is 0 Å². The number of aryl methyl sites for hydroxylation is 1. The summed E-state index contributed by atoms with van der Waals surface area (Å²) in [6.07, 6.45) is 1.16. The number of nitrogens with one attached hydrogen (secondary N) is 1. The Morgan fingerprint density at radius 1 is 1.43 bits per heavy atom. The highest BCUT2D eigenvalue weighted by Gasteiger charge is 1.96. The average molecular weight is 277 g/mol. The third-order valence-corrected chi connectivity index (χ3v) is 3.02. The molecule has 0 aromatic heterocycles. The normalized spacial score (nSPS) is 10.5. The minimum Gasteiger partial charge on any atom is -0.313 e. The van der Waals surface area contributed by atoms with Crippen LogP contribution in [0.5, 0.6) is 0 Å². The van der Waals surface area contributed by atoms with Gasteiger partial charge in [-0.1, -0.05) is 39.7 Å². The van der Waals surface area contributed by atoms with Crippen LogP contribution in [-0.2, 0) is 6.54 Å². The molecule has 0 saturated heterocycles. The third-order valence-electron chi connectivity index (χ3n) is 2.04. The summed E-state index contributed by atoms with van der Waals surface area (Å²) < 4.78 is 0. The SMILES string of the molecule is Cc1cc(CNCCCBr)ccc1Cl. The maximum atomic E-state index is 5.94. The zero-order chi connectivity index (χ0) is 10.4. The molecule has 3 heteroatoms. The second kappa shape index (κ2) is 6.44. The lowest BCUT2D eigenvalue weighted by Gasteiger charge is -2.05. The summed E-state index contributed by atoms with van der Waals surface area (Å²) >= 11 is 9.34. The molecule has 1 rings (SSSR count). The molecule has 0 unspecified atom stereocenters. The second-order valence-electron chi connectivity index (χ2n) is 3.30. The van der Waals surface area contributed by atoms with Crippen molar-refractivity contribution in [3.8, 4) is 0 Å². The molecule has 0 aliphatic carbocycles. The maximum Gasteiger partial charge on any atom is 0.0435 e. The van der Waals surface area contributed by atoms with Gasteiger partial charge >= 0.3 is 0 Å². The summed E-state index contributed by atoms with van der Waals surface area (Å²) in [6.45, 7) is 4.00. The van der Waals surface area contributed by atoms with Crippen molar-refractivity contribution in [2.45, 2.75) is 19.9 Å². The van der Waals surface area contributed by atoms with Gasteiger partial charge in [0.1, 0.15) is 0 Å². The van der Waals surface area contributed by atoms with Crippen LogP contribution < -0.4 is 5.32 Å². The fraction of sp³-hybridized carbons (Fsp3) is 0.455. The first-order chi connectivity index (χ1) is 6.74. The molecule has 14 heavy (non-hydrogen) atoms. The average Bonchev–Trinajstić information content (AvgIpc) is 2.18. The van der Waals surface area contributed by atoms with Crippen LogP contribution in [0.4, 0.5) is 0 Å². The lowest BCUT2D eigenvalue weighted by atomic mass is 10.1. The molecular weight excluding hydrogens is 261 g/mol. The van der Waals surface area contributed by atoms with Crippen molar-refractivity contribution in [2.75, 3.05) is 11.9 Å². The highest BCUT2D eigenvalue weighted by atomic mass is 79.9. The number of hydrogen-bond acceptors (Lipinski definition) is 1. The lowest BCUT2D eigenvalue weighted by molar-refractivity contribution is 0.680. The number of hydrogen-bond donors (Lipinski definition) is 1. The van der Waals surface area contributed by atoms with E-state index in [0.717, 1.165) is 35.4 Å². The molecule has 0 aliphatic heterocycles. The molecule has 1 N–H and O–H groups in total. The summed E-state index contributed by atoms with van der Waals surface area (Å²) in [5.74, 6) is 0. The summed E-state index contributed by atoms with van der Waals surface area (Å²) in [4.78, 5) is 0. The molecule has 0 heterocycles. The van der Waals surface area contributed by atoms with Gasteiger partial charge in [0.15, 0.2) is 0 Å². The molecule has 0 radical (unpaired) electrons. The van der Waals surface area contributed by atoms with Gasteiger partial charge in [-0.3, -0.25) is 0 Å². The van der Waals surface area contributed by atoms with E-state index in [2.05, 4.69) is 33.4 Å². The predicted molar refractivity (Wildman–Crippen MR) is 66.3 cm³/mol. The first kappa shape index (κ1) is 12.0. The van der Waals surface area contributed by atoms with Gasteiger partial charge in [-0.25, -0.2) is 0 Å². The van der Waals surface area contributed by atoms with Crippen molar-refractivity contribution < 1.29 is 0 Å². The predicted octanol–water partition coefficient (Wildman–Crippen LogP) is 3.52. The van der Waals surface area contributed by atoms with E-state index in [0.29, 0.717) is 0 Å². The Balaban J connectivity index is 2.39. The van der Waals surface area contributed by atoms with Crippen LogP contribution in [-0.4, -0.2) is 11.9 Å². The van der Waals surface area contributed by atoms with Crippen molar-refractivity contribution in [2.24, 2.45) is 0 Å². The molecule has 0 atom stereocenters. The third kappa shape index (κ3) is 3.99. The Kier molecular flexibility index (Phi) is 5.53. The summed E-state index contributed by atoms with van der Waals surface area (Å²) in [5, 5.41) is 5.27. The molecule has 78 valence electrons. The Morgan fingerprint density at radius 3 is 2.86 bits per heavy atom. The van der Waals surface area contributed by atoms with Crippen molar-refractivity contribution >= 4 is 27.5 Å². The Hall–Kier alpha value is -0.0500. The van der Waals surface area contributed by atoms with E-state index in [4.69, 9.17) is 11.6 Å². The molecule has 1 aromatic carbocycles. The summed E-state index contributed by atoms with van der Waals surface area (Å²) in [6, 6.07) is 6.15. The molecular formula is C11H15BrClN. The zero-order valence-corrected chi connectivity index (χ0v) is 10.7. The van der Waals surface area contributed by atoms with E-state index >= 15 is 0 Å². The van der Waals surface area contributed by atoms with Crippen molar-refractivity contribution in [1.82, 2.24) is 5.32 Å². The van der Waals surface area contributed by atoms with Crippen LogP contribution in [0.3, 0.4) is 0 Å². The zero-order valence-electron chi connectivity index (χ0n) is 8.32. The van der Waals surface area contributed by atoms with Gasteiger partial charge < -0.3 is 5.32 Å². The molecule has 0 amide bonds. The smallest absolute Gasteiger partial charge is 0.0435 e. The highest BCUT2D eigenvalue weighted by molar-refractivity contribution is 9.09. The molecule has 1 aromatic rings. The van der Waals surface area contributed by atoms with E-state index in [1.807, 2.05) is 13.0 Å². The fourth-order valence-corrected chi connectivity index (χ4v) is 1.64. The van der Waals surface area contributed by atoms with Gasteiger partial charge in [0.05, 0.1) is 0 Å². The van der Waals surface area contributed by atoms with Gasteiger partial charge in [0.25, 0.3) is 0 Å². The number of halogens is 2. The van der Waals surface area contributed by atoms with Crippen LogP contribution >= 0.6 is 27.5 Å². The van der Waals surface area contributed by atoms with E-state index in [-0.39, 0.29) is 0 Å². The molecule has 0 aliphatic rings. The number of benzene rings is 1. The van der Waals surface area contributed by atoms with Crippen LogP contribution in [0.2, 0.25) is 5.02 Å². The van der Waals surface area contributed by atoms with Gasteiger partial charge in [-0.05, 0) is 37.1 Å². The summed E-state index contributed by atoms with van der Waals surface area (Å²) in [5.41, 5.74) is 2.44. The molecule has 0 saturated carbocycles. The van der Waals surface area contributed by atoms with Gasteiger partial charge in [0.2, 0.25) is 0 Å². The largest absolute Gasteiger partial charge is 0.313 e. The monoisotopic (exact) mass is 275 g/mol. The highest BCUT2D eigenvalue weighted by Crippen LogP contribution is 2.15. The summed E-state index contributed by atoms with van der Waals surface area (Å²) in [7, 11) is 0. The first-order valence-corrected chi connectivity index (χ1v) is 6.25. The second-order valence-corrected chi connectivity index (χ2v) is 4.50. The quantitative estimate of drug-likeness (QED) is 0.641. The Bertz CT molecular complexity index is 289. The Labute approximate surface area is 99.0 Å². The molecule has 1 nitrogen and oxygen atoms in total. The van der Waals surface area contributed by atoms with E-state index in [1.165, 1.54) is 5.56 Å². The molecule has 0 spiro atoms. The van der Waals surface area contributed by atoms with E-state index in [1.54, 1.807) is 0 Å². The van der Waals surface area contributed by atoms with E-state index < -0.39 is 0 Å². The van der Waals surface area contributed by atoms with E-state index in [9.17, 15) is 0 Å².